The number of anilines is 1. The van der Waals surface area contributed by atoms with Crippen LogP contribution in [-0.4, -0.2) is 5.71 Å². The summed E-state index contributed by atoms with van der Waals surface area (Å²) in [5.74, 6) is 0.773. The maximum absolute atomic E-state index is 6.51. The minimum absolute atomic E-state index is 0.348. The van der Waals surface area contributed by atoms with Crippen LogP contribution >= 0.6 is 0 Å². The quantitative estimate of drug-likeness (QED) is 0.195. The molecule has 9 aromatic rings. The monoisotopic (exact) mass is 690 g/mol. The lowest BCUT2D eigenvalue weighted by atomic mass is 9.67. The lowest BCUT2D eigenvalue weighted by Crippen LogP contribution is -2.29. The van der Waals surface area contributed by atoms with Crippen LogP contribution in [0.15, 0.2) is 204 Å². The van der Waals surface area contributed by atoms with Gasteiger partial charge in [0, 0.05) is 10.9 Å². The molecule has 1 atom stereocenters. The van der Waals surface area contributed by atoms with Crippen molar-refractivity contribution in [3.8, 4) is 22.3 Å². The second-order valence-corrected chi connectivity index (χ2v) is 14.2. The fourth-order valence-electron chi connectivity index (χ4n) is 9.07. The van der Waals surface area contributed by atoms with Crippen molar-refractivity contribution < 1.29 is 4.42 Å². The van der Waals surface area contributed by atoms with E-state index >= 15 is 0 Å². The summed E-state index contributed by atoms with van der Waals surface area (Å²) >= 11 is 0. The maximum Gasteiger partial charge on any atom is 0.177 e. The van der Waals surface area contributed by atoms with Crippen molar-refractivity contribution in [3.63, 3.8) is 0 Å². The first-order valence-electron chi connectivity index (χ1n) is 18.6. The summed E-state index contributed by atoms with van der Waals surface area (Å²) in [6.45, 7) is 0. The van der Waals surface area contributed by atoms with Gasteiger partial charge in [-0.1, -0.05) is 170 Å². The molecule has 11 rings (SSSR count). The highest BCUT2D eigenvalue weighted by molar-refractivity contribution is 6.19. The van der Waals surface area contributed by atoms with E-state index in [1.54, 1.807) is 0 Å². The number of rotatable bonds is 5. The number of benzene rings is 8. The van der Waals surface area contributed by atoms with Gasteiger partial charge in [-0.15, -0.1) is 0 Å². The van der Waals surface area contributed by atoms with Gasteiger partial charge >= 0.3 is 0 Å². The lowest BCUT2D eigenvalue weighted by Gasteiger charge is -2.34. The minimum Gasteiger partial charge on any atom is -0.452 e. The molecule has 8 aromatic carbocycles. The Labute approximate surface area is 313 Å². The first-order chi connectivity index (χ1) is 26.8. The fraction of sp³-hybridized carbons (Fsp3) is 0.0392. The predicted octanol–water partition coefficient (Wildman–Crippen LogP) is 12.6. The Balaban J connectivity index is 1.22. The van der Waals surface area contributed by atoms with E-state index < -0.39 is 5.41 Å². The molecule has 1 N–H and O–H groups in total. The zero-order valence-electron chi connectivity index (χ0n) is 29.4. The number of aliphatic imine (C=N–C) groups is 1. The van der Waals surface area contributed by atoms with Crippen molar-refractivity contribution in [2.75, 3.05) is 5.32 Å². The SMILES string of the molecule is c1ccc(C2=NC(c3ccc4c(c3)C(c3ccccc3)(c3ccccc3)c3cc5ccccc5c(-c5ccccc5)c3-4)Nc3c2oc2ccccc32)cc1. The average molecular weight is 691 g/mol. The average Bonchev–Trinajstić information content (AvgIpc) is 3.77. The van der Waals surface area contributed by atoms with Crippen molar-refractivity contribution in [2.24, 2.45) is 4.99 Å². The number of fused-ring (bicyclic) bond motifs is 7. The van der Waals surface area contributed by atoms with Crippen LogP contribution in [0.2, 0.25) is 0 Å². The number of nitrogens with zero attached hydrogens (tertiary/aromatic N) is 1. The Bertz CT molecular complexity index is 2850. The molecule has 0 fully saturated rings. The molecule has 0 saturated carbocycles. The molecule has 254 valence electrons. The lowest BCUT2D eigenvalue weighted by molar-refractivity contribution is 0.599. The van der Waals surface area contributed by atoms with E-state index in [-0.39, 0.29) is 6.17 Å². The largest absolute Gasteiger partial charge is 0.452 e. The molecule has 1 aliphatic carbocycles. The maximum atomic E-state index is 6.51. The topological polar surface area (TPSA) is 37.5 Å². The van der Waals surface area contributed by atoms with Gasteiger partial charge in [-0.25, -0.2) is 0 Å². The van der Waals surface area contributed by atoms with E-state index in [0.29, 0.717) is 0 Å². The summed E-state index contributed by atoms with van der Waals surface area (Å²) in [7, 11) is 0. The van der Waals surface area contributed by atoms with Gasteiger partial charge in [-0.05, 0) is 85.1 Å². The third-order valence-electron chi connectivity index (χ3n) is 11.4. The molecule has 0 radical (unpaired) electrons. The summed E-state index contributed by atoms with van der Waals surface area (Å²) in [6.07, 6.45) is -0.348. The van der Waals surface area contributed by atoms with Crippen molar-refractivity contribution in [1.29, 1.82) is 0 Å². The van der Waals surface area contributed by atoms with E-state index in [1.165, 1.54) is 55.3 Å². The molecule has 1 unspecified atom stereocenters. The summed E-state index contributed by atoms with van der Waals surface area (Å²) in [4.78, 5) is 5.45. The molecule has 0 saturated heterocycles. The number of nitrogens with one attached hydrogen (secondary N) is 1. The minimum atomic E-state index is -0.592. The highest BCUT2D eigenvalue weighted by atomic mass is 16.3. The van der Waals surface area contributed by atoms with E-state index in [2.05, 4.69) is 181 Å². The van der Waals surface area contributed by atoms with Crippen molar-refractivity contribution in [1.82, 2.24) is 0 Å². The summed E-state index contributed by atoms with van der Waals surface area (Å²) in [5, 5.41) is 7.37. The van der Waals surface area contributed by atoms with Crippen LogP contribution in [0, 0.1) is 0 Å². The van der Waals surface area contributed by atoms with Gasteiger partial charge in [-0.3, -0.25) is 4.99 Å². The zero-order valence-corrected chi connectivity index (χ0v) is 29.4. The van der Waals surface area contributed by atoms with Gasteiger partial charge in [-0.2, -0.15) is 0 Å². The van der Waals surface area contributed by atoms with Crippen LogP contribution in [0.1, 0.15) is 45.3 Å². The van der Waals surface area contributed by atoms with Crippen LogP contribution in [0.5, 0.6) is 0 Å². The molecular weight excluding hydrogens is 657 g/mol. The normalized spacial score (nSPS) is 15.3. The Kier molecular flexibility index (Phi) is 6.83. The van der Waals surface area contributed by atoms with Crippen LogP contribution in [0.4, 0.5) is 5.69 Å². The highest BCUT2D eigenvalue weighted by Crippen LogP contribution is 2.60. The number of para-hydroxylation sites is 1. The summed E-state index contributed by atoms with van der Waals surface area (Å²) < 4.78 is 6.51. The van der Waals surface area contributed by atoms with Crippen LogP contribution in [0.25, 0.3) is 44.0 Å². The molecule has 3 nitrogen and oxygen atoms in total. The predicted molar refractivity (Wildman–Crippen MR) is 221 cm³/mol. The Morgan fingerprint density at radius 1 is 0.500 bits per heavy atom. The number of hydrogen-bond donors (Lipinski definition) is 1. The van der Waals surface area contributed by atoms with Crippen molar-refractivity contribution >= 4 is 33.1 Å². The first-order valence-corrected chi connectivity index (χ1v) is 18.6. The standard InChI is InChI=1S/C51H34N2O/c1-5-17-33(18-6-1)45-39-26-14-13-21-35(39)31-43-46(45)40-30-29-36(32-42(40)51(43,37-22-9-3-10-23-37)38-24-11-4-12-25-38)50-52-47(34-19-7-2-8-20-34)49-48(53-50)41-27-15-16-28-44(41)54-49/h1-32,50,53H. The van der Waals surface area contributed by atoms with Crippen LogP contribution in [0.3, 0.4) is 0 Å². The molecular formula is C51H34N2O. The van der Waals surface area contributed by atoms with Crippen LogP contribution in [-0.2, 0) is 5.41 Å². The molecule has 0 spiro atoms. The van der Waals surface area contributed by atoms with E-state index in [9.17, 15) is 0 Å². The van der Waals surface area contributed by atoms with Gasteiger partial charge in [0.15, 0.2) is 5.76 Å². The molecule has 1 aliphatic heterocycles. The van der Waals surface area contributed by atoms with E-state index in [4.69, 9.17) is 9.41 Å². The van der Waals surface area contributed by atoms with Gasteiger partial charge in [0.2, 0.25) is 0 Å². The number of furan rings is 1. The third kappa shape index (κ3) is 4.45. The Morgan fingerprint density at radius 3 is 1.80 bits per heavy atom. The van der Waals surface area contributed by atoms with E-state index in [1.807, 2.05) is 18.2 Å². The molecule has 0 amide bonds. The van der Waals surface area contributed by atoms with Gasteiger partial charge < -0.3 is 9.73 Å². The van der Waals surface area contributed by atoms with Gasteiger partial charge in [0.1, 0.15) is 17.5 Å². The van der Waals surface area contributed by atoms with Gasteiger partial charge in [0.05, 0.1) is 11.1 Å². The Hall–Kier alpha value is -6.97. The third-order valence-corrected chi connectivity index (χ3v) is 11.4. The van der Waals surface area contributed by atoms with Crippen LogP contribution < -0.4 is 5.32 Å². The number of hydrogen-bond acceptors (Lipinski definition) is 3. The van der Waals surface area contributed by atoms with E-state index in [0.717, 1.165) is 39.3 Å². The first kappa shape index (κ1) is 30.6. The molecule has 3 heteroatoms. The molecule has 54 heavy (non-hydrogen) atoms. The zero-order chi connectivity index (χ0) is 35.6. The van der Waals surface area contributed by atoms with Gasteiger partial charge in [0.25, 0.3) is 0 Å². The summed E-state index contributed by atoms with van der Waals surface area (Å²) in [5.41, 5.74) is 14.2. The van der Waals surface area contributed by atoms with Crippen molar-refractivity contribution in [3.05, 3.63) is 233 Å². The molecule has 2 heterocycles. The smallest absolute Gasteiger partial charge is 0.177 e. The van der Waals surface area contributed by atoms with Crippen molar-refractivity contribution in [2.45, 2.75) is 11.6 Å². The second-order valence-electron chi connectivity index (χ2n) is 14.2. The highest BCUT2D eigenvalue weighted by Gasteiger charge is 2.48. The second kappa shape index (κ2) is 12.0. The fourth-order valence-corrected chi connectivity index (χ4v) is 9.07. The Morgan fingerprint density at radius 2 is 1.09 bits per heavy atom. The summed E-state index contributed by atoms with van der Waals surface area (Å²) in [6, 6.07) is 70.0. The molecule has 1 aromatic heterocycles. The molecule has 2 aliphatic rings. The molecule has 0 bridgehead atoms.